The van der Waals surface area contributed by atoms with E-state index >= 15 is 0 Å². The summed E-state index contributed by atoms with van der Waals surface area (Å²) in [6.45, 7) is 0.0965. The molecule has 3 aromatic rings. The standard InChI is InChI=1S/C23H18FNO3/c1-27-22-13-15(12-18-17-7-3-5-9-20(17)25-23(18)26)10-11-21(22)28-14-16-6-2-4-8-19(16)24/h2-13H,14H2,1H3,(H,25,26)/b18-12-. The topological polar surface area (TPSA) is 47.6 Å². The van der Waals surface area contributed by atoms with Crippen LogP contribution < -0.4 is 14.8 Å². The Hall–Kier alpha value is -3.60. The van der Waals surface area contributed by atoms with Crippen molar-refractivity contribution in [1.82, 2.24) is 0 Å². The average molecular weight is 375 g/mol. The maximum Gasteiger partial charge on any atom is 0.256 e. The van der Waals surface area contributed by atoms with Crippen molar-refractivity contribution < 1.29 is 18.7 Å². The van der Waals surface area contributed by atoms with E-state index in [1.807, 2.05) is 36.4 Å². The highest BCUT2D eigenvalue weighted by Gasteiger charge is 2.23. The van der Waals surface area contributed by atoms with Crippen LogP contribution in [0, 0.1) is 5.82 Å². The predicted octanol–water partition coefficient (Wildman–Crippen LogP) is 4.91. The fourth-order valence-corrected chi connectivity index (χ4v) is 3.11. The van der Waals surface area contributed by atoms with Crippen molar-refractivity contribution >= 4 is 23.2 Å². The van der Waals surface area contributed by atoms with Crippen LogP contribution in [-0.4, -0.2) is 13.0 Å². The van der Waals surface area contributed by atoms with Crippen LogP contribution in [-0.2, 0) is 11.4 Å². The number of fused-ring (bicyclic) bond motifs is 1. The fourth-order valence-electron chi connectivity index (χ4n) is 3.11. The Kier molecular flexibility index (Phi) is 4.81. The molecule has 3 aromatic carbocycles. The molecule has 5 heteroatoms. The minimum atomic E-state index is -0.311. The molecule has 1 N–H and O–H groups in total. The van der Waals surface area contributed by atoms with Crippen LogP contribution in [0.3, 0.4) is 0 Å². The van der Waals surface area contributed by atoms with Gasteiger partial charge in [0.1, 0.15) is 12.4 Å². The summed E-state index contributed by atoms with van der Waals surface area (Å²) in [5.74, 6) is 0.565. The maximum atomic E-state index is 13.8. The zero-order chi connectivity index (χ0) is 19.5. The van der Waals surface area contributed by atoms with Gasteiger partial charge in [-0.2, -0.15) is 0 Å². The summed E-state index contributed by atoms with van der Waals surface area (Å²) in [6, 6.07) is 19.4. The summed E-state index contributed by atoms with van der Waals surface area (Å²) in [5.41, 5.74) is 3.53. The van der Waals surface area contributed by atoms with Gasteiger partial charge in [0.15, 0.2) is 11.5 Å². The first-order valence-corrected chi connectivity index (χ1v) is 8.82. The molecule has 140 valence electrons. The average Bonchev–Trinajstić information content (AvgIpc) is 3.03. The molecule has 0 aliphatic carbocycles. The van der Waals surface area contributed by atoms with Gasteiger partial charge in [0.2, 0.25) is 0 Å². The lowest BCUT2D eigenvalue weighted by molar-refractivity contribution is -0.110. The fraction of sp³-hybridized carbons (Fsp3) is 0.0870. The van der Waals surface area contributed by atoms with E-state index in [0.29, 0.717) is 22.6 Å². The molecular formula is C23H18FNO3. The Morgan fingerprint density at radius 3 is 2.61 bits per heavy atom. The Morgan fingerprint density at radius 1 is 1.00 bits per heavy atom. The molecule has 0 saturated heterocycles. The zero-order valence-corrected chi connectivity index (χ0v) is 15.2. The Balaban J connectivity index is 1.59. The molecule has 4 rings (SSSR count). The highest BCUT2D eigenvalue weighted by atomic mass is 19.1. The van der Waals surface area contributed by atoms with Gasteiger partial charge < -0.3 is 14.8 Å². The van der Waals surface area contributed by atoms with Crippen LogP contribution in [0.5, 0.6) is 11.5 Å². The van der Waals surface area contributed by atoms with Crippen LogP contribution in [0.1, 0.15) is 16.7 Å². The molecule has 0 radical (unpaired) electrons. The molecule has 1 aliphatic rings. The van der Waals surface area contributed by atoms with Crippen molar-refractivity contribution in [2.75, 3.05) is 12.4 Å². The number of amides is 1. The first kappa shape index (κ1) is 17.8. The molecule has 1 aliphatic heterocycles. The third-order valence-corrected chi connectivity index (χ3v) is 4.55. The molecule has 0 unspecified atom stereocenters. The molecule has 0 saturated carbocycles. The molecule has 1 amide bonds. The number of carbonyl (C=O) groups excluding carboxylic acids is 1. The molecule has 28 heavy (non-hydrogen) atoms. The minimum Gasteiger partial charge on any atom is -0.493 e. The molecule has 0 aromatic heterocycles. The van der Waals surface area contributed by atoms with Crippen molar-refractivity contribution in [2.24, 2.45) is 0 Å². The third-order valence-electron chi connectivity index (χ3n) is 4.55. The van der Waals surface area contributed by atoms with Crippen molar-refractivity contribution in [1.29, 1.82) is 0 Å². The van der Waals surface area contributed by atoms with Gasteiger partial charge in [-0.25, -0.2) is 4.39 Å². The zero-order valence-electron chi connectivity index (χ0n) is 15.2. The SMILES string of the molecule is COc1cc(/C=C2\C(=O)Nc3ccccc32)ccc1OCc1ccccc1F. The Labute approximate surface area is 162 Å². The van der Waals surface area contributed by atoms with E-state index in [0.717, 1.165) is 16.8 Å². The smallest absolute Gasteiger partial charge is 0.256 e. The van der Waals surface area contributed by atoms with Crippen LogP contribution in [0.4, 0.5) is 10.1 Å². The number of halogens is 1. The number of hydrogen-bond donors (Lipinski definition) is 1. The largest absolute Gasteiger partial charge is 0.493 e. The second-order valence-corrected chi connectivity index (χ2v) is 6.35. The first-order chi connectivity index (χ1) is 13.7. The van der Waals surface area contributed by atoms with E-state index in [1.165, 1.54) is 6.07 Å². The Morgan fingerprint density at radius 2 is 1.79 bits per heavy atom. The highest BCUT2D eigenvalue weighted by Crippen LogP contribution is 2.35. The number of methoxy groups -OCH3 is 1. The summed E-state index contributed by atoms with van der Waals surface area (Å²) < 4.78 is 24.9. The van der Waals surface area contributed by atoms with Crippen molar-refractivity contribution in [3.63, 3.8) is 0 Å². The van der Waals surface area contributed by atoms with Crippen molar-refractivity contribution in [2.45, 2.75) is 6.61 Å². The van der Waals surface area contributed by atoms with Crippen LogP contribution in [0.25, 0.3) is 11.6 Å². The lowest BCUT2D eigenvalue weighted by Crippen LogP contribution is -2.03. The van der Waals surface area contributed by atoms with Crippen molar-refractivity contribution in [3.8, 4) is 11.5 Å². The molecule has 1 heterocycles. The van der Waals surface area contributed by atoms with Crippen LogP contribution in [0.2, 0.25) is 0 Å². The molecule has 0 spiro atoms. The Bertz CT molecular complexity index is 1070. The van der Waals surface area contributed by atoms with Gasteiger partial charge in [-0.3, -0.25) is 4.79 Å². The number of benzene rings is 3. The summed E-state index contributed by atoms with van der Waals surface area (Å²) in [6.07, 6.45) is 1.81. The van der Waals surface area contributed by atoms with Gasteiger partial charge in [-0.1, -0.05) is 42.5 Å². The number of para-hydroxylation sites is 1. The number of carbonyl (C=O) groups is 1. The predicted molar refractivity (Wildman–Crippen MR) is 107 cm³/mol. The van der Waals surface area contributed by atoms with E-state index in [2.05, 4.69) is 5.32 Å². The van der Waals surface area contributed by atoms with E-state index in [9.17, 15) is 9.18 Å². The summed E-state index contributed by atoms with van der Waals surface area (Å²) >= 11 is 0. The maximum absolute atomic E-state index is 13.8. The number of hydrogen-bond acceptors (Lipinski definition) is 3. The minimum absolute atomic E-state index is 0.0965. The molecule has 0 bridgehead atoms. The van der Waals surface area contributed by atoms with E-state index in [1.54, 1.807) is 37.4 Å². The van der Waals surface area contributed by atoms with E-state index in [-0.39, 0.29) is 18.3 Å². The number of nitrogens with one attached hydrogen (secondary N) is 1. The normalized spacial score (nSPS) is 13.9. The second kappa shape index (κ2) is 7.56. The highest BCUT2D eigenvalue weighted by molar-refractivity contribution is 6.34. The molecule has 0 atom stereocenters. The molecular weight excluding hydrogens is 357 g/mol. The number of anilines is 1. The van der Waals surface area contributed by atoms with Crippen LogP contribution in [0.15, 0.2) is 66.7 Å². The van der Waals surface area contributed by atoms with Gasteiger partial charge in [0, 0.05) is 22.4 Å². The summed E-state index contributed by atoms with van der Waals surface area (Å²) in [7, 11) is 1.54. The van der Waals surface area contributed by atoms with Crippen molar-refractivity contribution in [3.05, 3.63) is 89.2 Å². The second-order valence-electron chi connectivity index (χ2n) is 6.35. The van der Waals surface area contributed by atoms with Gasteiger partial charge in [-0.05, 0) is 35.9 Å². The van der Waals surface area contributed by atoms with E-state index in [4.69, 9.17) is 9.47 Å². The van der Waals surface area contributed by atoms with Gasteiger partial charge in [0.25, 0.3) is 5.91 Å². The van der Waals surface area contributed by atoms with Gasteiger partial charge >= 0.3 is 0 Å². The lowest BCUT2D eigenvalue weighted by Gasteiger charge is -2.12. The number of rotatable bonds is 5. The van der Waals surface area contributed by atoms with Crippen LogP contribution >= 0.6 is 0 Å². The number of ether oxygens (including phenoxy) is 2. The quantitative estimate of drug-likeness (QED) is 0.645. The monoisotopic (exact) mass is 375 g/mol. The van der Waals surface area contributed by atoms with E-state index < -0.39 is 0 Å². The summed E-state index contributed by atoms with van der Waals surface area (Å²) in [4.78, 5) is 12.3. The first-order valence-electron chi connectivity index (χ1n) is 8.82. The van der Waals surface area contributed by atoms with Gasteiger partial charge in [0.05, 0.1) is 7.11 Å². The summed E-state index contributed by atoms with van der Waals surface area (Å²) in [5, 5.41) is 2.85. The molecule has 4 nitrogen and oxygen atoms in total. The molecule has 0 fully saturated rings. The lowest BCUT2D eigenvalue weighted by atomic mass is 10.0. The third kappa shape index (κ3) is 3.47. The van der Waals surface area contributed by atoms with Gasteiger partial charge in [-0.15, -0.1) is 0 Å².